The minimum absolute atomic E-state index is 0.210. The Bertz CT molecular complexity index is 1280. The Hall–Kier alpha value is -2.80. The van der Waals surface area contributed by atoms with E-state index in [4.69, 9.17) is 49.3 Å². The third kappa shape index (κ3) is 9.35. The van der Waals surface area contributed by atoms with Crippen molar-refractivity contribution in [2.24, 2.45) is 0 Å². The van der Waals surface area contributed by atoms with Crippen LogP contribution in [0.15, 0.2) is 15.3 Å². The monoisotopic (exact) mass is 589 g/mol. The molecule has 11 nitrogen and oxygen atoms in total. The maximum atomic E-state index is 13.0. The van der Waals surface area contributed by atoms with Crippen molar-refractivity contribution in [3.8, 4) is 11.5 Å². The van der Waals surface area contributed by atoms with Crippen LogP contribution in [-0.4, -0.2) is 85.3 Å². The SMILES string of the molecule is COCCOCCOCCCCc1cc(N)c(C)c2oc3c(C)c(=O)c(N)c(CCCOCCOCCOC)c-3nc12. The summed E-state index contributed by atoms with van der Waals surface area (Å²) in [6, 6.07) is 1.97. The van der Waals surface area contributed by atoms with E-state index in [1.165, 1.54) is 0 Å². The Morgan fingerprint density at radius 1 is 0.738 bits per heavy atom. The average Bonchev–Trinajstić information content (AvgIpc) is 2.99. The molecule has 1 aromatic carbocycles. The molecule has 1 aliphatic carbocycles. The number of fused-ring (bicyclic) bond motifs is 2. The summed E-state index contributed by atoms with van der Waals surface area (Å²) in [5.41, 5.74) is 18.2. The van der Waals surface area contributed by atoms with Crippen molar-refractivity contribution in [1.82, 2.24) is 4.98 Å². The first-order valence-electron chi connectivity index (χ1n) is 14.6. The van der Waals surface area contributed by atoms with Crippen molar-refractivity contribution >= 4 is 22.5 Å². The fourth-order valence-corrected chi connectivity index (χ4v) is 4.65. The van der Waals surface area contributed by atoms with E-state index in [0.29, 0.717) is 113 Å². The van der Waals surface area contributed by atoms with Crippen LogP contribution in [0.25, 0.3) is 22.6 Å². The van der Waals surface area contributed by atoms with Gasteiger partial charge in [0.05, 0.1) is 58.5 Å². The average molecular weight is 590 g/mol. The highest BCUT2D eigenvalue weighted by atomic mass is 16.5. The number of hydrogen-bond donors (Lipinski definition) is 2. The molecule has 1 aromatic rings. The lowest BCUT2D eigenvalue weighted by molar-refractivity contribution is 0.0240. The lowest BCUT2D eigenvalue weighted by Gasteiger charge is -2.18. The number of nitrogens with two attached hydrogens (primary N) is 2. The van der Waals surface area contributed by atoms with Gasteiger partial charge >= 0.3 is 0 Å². The van der Waals surface area contributed by atoms with Crippen LogP contribution in [0.4, 0.5) is 11.4 Å². The first kappa shape index (κ1) is 33.7. The normalized spacial score (nSPS) is 11.7. The molecule has 0 amide bonds. The van der Waals surface area contributed by atoms with Gasteiger partial charge in [-0.1, -0.05) is 0 Å². The van der Waals surface area contributed by atoms with Crippen LogP contribution in [0, 0.1) is 13.8 Å². The second-order valence-electron chi connectivity index (χ2n) is 10.2. The van der Waals surface area contributed by atoms with Crippen LogP contribution < -0.4 is 16.9 Å². The zero-order valence-electron chi connectivity index (χ0n) is 25.6. The number of ether oxygens (including phenoxy) is 6. The highest BCUT2D eigenvalue weighted by Crippen LogP contribution is 2.36. The number of nitrogen functional groups attached to an aromatic ring is 2. The number of anilines is 2. The van der Waals surface area contributed by atoms with Crippen LogP contribution in [0.3, 0.4) is 0 Å². The number of nitrogens with zero attached hydrogens (tertiary/aromatic N) is 1. The molecule has 0 aromatic heterocycles. The summed E-state index contributed by atoms with van der Waals surface area (Å²) in [7, 11) is 3.29. The second kappa shape index (κ2) is 18.0. The number of methoxy groups -OCH3 is 2. The highest BCUT2D eigenvalue weighted by molar-refractivity contribution is 5.88. The molecule has 0 atom stereocenters. The molecule has 4 N–H and O–H groups in total. The second-order valence-corrected chi connectivity index (χ2v) is 10.2. The number of aromatic nitrogens is 1. The Kier molecular flexibility index (Phi) is 14.4. The lowest BCUT2D eigenvalue weighted by Crippen LogP contribution is -2.18. The van der Waals surface area contributed by atoms with E-state index in [0.717, 1.165) is 35.9 Å². The molecular weight excluding hydrogens is 542 g/mol. The van der Waals surface area contributed by atoms with Crippen molar-refractivity contribution in [1.29, 1.82) is 0 Å². The number of benzene rings is 2. The fraction of sp³-hybridized carbons (Fsp3) is 0.613. The lowest BCUT2D eigenvalue weighted by atomic mass is 9.96. The highest BCUT2D eigenvalue weighted by Gasteiger charge is 2.24. The number of hydrogen-bond acceptors (Lipinski definition) is 11. The van der Waals surface area contributed by atoms with Crippen molar-refractivity contribution in [3.63, 3.8) is 0 Å². The largest absolute Gasteiger partial charge is 0.452 e. The Labute approximate surface area is 248 Å². The zero-order valence-corrected chi connectivity index (χ0v) is 25.6. The molecule has 0 radical (unpaired) electrons. The van der Waals surface area contributed by atoms with Crippen molar-refractivity contribution in [3.05, 3.63) is 38.5 Å². The van der Waals surface area contributed by atoms with Gasteiger partial charge in [0.25, 0.3) is 0 Å². The van der Waals surface area contributed by atoms with Gasteiger partial charge in [-0.25, -0.2) is 4.98 Å². The molecule has 11 heteroatoms. The summed E-state index contributed by atoms with van der Waals surface area (Å²) in [4.78, 5) is 18.1. The summed E-state index contributed by atoms with van der Waals surface area (Å²) < 4.78 is 38.5. The van der Waals surface area contributed by atoms with Gasteiger partial charge in [-0.15, -0.1) is 0 Å². The molecule has 234 valence electrons. The van der Waals surface area contributed by atoms with Crippen LogP contribution in [0.5, 0.6) is 0 Å². The van der Waals surface area contributed by atoms with Gasteiger partial charge in [0.2, 0.25) is 5.43 Å². The van der Waals surface area contributed by atoms with Crippen LogP contribution in [0.2, 0.25) is 0 Å². The first-order valence-corrected chi connectivity index (χ1v) is 14.6. The molecule has 42 heavy (non-hydrogen) atoms. The van der Waals surface area contributed by atoms with Crippen LogP contribution >= 0.6 is 0 Å². The predicted octanol–water partition coefficient (Wildman–Crippen LogP) is 3.69. The summed E-state index contributed by atoms with van der Waals surface area (Å²) >= 11 is 0. The molecule has 0 saturated heterocycles. The molecule has 3 rings (SSSR count). The standard InChI is InChI=1S/C31H47N3O8/c1-21-25(32)20-23(8-5-6-10-38-16-18-40-14-12-36-3)27-30(21)42-31-22(2)29(35)26(33)24(28(31)34-27)9-7-11-39-17-19-41-15-13-37-4/h20H,5-19,32-33H2,1-4H3. The molecule has 0 saturated carbocycles. The summed E-state index contributed by atoms with van der Waals surface area (Å²) in [6.07, 6.45) is 3.73. The molecule has 0 bridgehead atoms. The van der Waals surface area contributed by atoms with E-state index in [-0.39, 0.29) is 11.1 Å². The predicted molar refractivity (Wildman–Crippen MR) is 163 cm³/mol. The Morgan fingerprint density at radius 2 is 1.31 bits per heavy atom. The number of unbranched alkanes of at least 4 members (excludes halogenated alkanes) is 1. The van der Waals surface area contributed by atoms with Crippen LogP contribution in [0.1, 0.15) is 41.5 Å². The zero-order chi connectivity index (χ0) is 30.3. The van der Waals surface area contributed by atoms with Crippen molar-refractivity contribution in [2.75, 3.05) is 91.8 Å². The van der Waals surface area contributed by atoms with E-state index < -0.39 is 0 Å². The fourth-order valence-electron chi connectivity index (χ4n) is 4.65. The summed E-state index contributed by atoms with van der Waals surface area (Å²) in [5, 5.41) is 0. The minimum atomic E-state index is -0.235. The third-order valence-electron chi connectivity index (χ3n) is 7.11. The topological polar surface area (TPSA) is 151 Å². The van der Waals surface area contributed by atoms with Gasteiger partial charge in [0, 0.05) is 49.8 Å². The van der Waals surface area contributed by atoms with Gasteiger partial charge in [-0.2, -0.15) is 0 Å². The molecule has 0 fully saturated rings. The molecule has 1 aliphatic heterocycles. The van der Waals surface area contributed by atoms with Gasteiger partial charge in [-0.05, 0) is 57.6 Å². The van der Waals surface area contributed by atoms with E-state index in [9.17, 15) is 4.79 Å². The van der Waals surface area contributed by atoms with E-state index in [1.54, 1.807) is 21.1 Å². The molecule has 0 unspecified atom stereocenters. The maximum Gasteiger partial charge on any atom is 0.208 e. The third-order valence-corrected chi connectivity index (χ3v) is 7.11. The smallest absolute Gasteiger partial charge is 0.208 e. The van der Waals surface area contributed by atoms with Gasteiger partial charge in [-0.3, -0.25) is 4.79 Å². The Balaban J connectivity index is 1.72. The number of rotatable bonds is 21. The minimum Gasteiger partial charge on any atom is -0.452 e. The Morgan fingerprint density at radius 3 is 1.93 bits per heavy atom. The summed E-state index contributed by atoms with van der Waals surface area (Å²) in [6.45, 7) is 9.08. The van der Waals surface area contributed by atoms with Crippen molar-refractivity contribution in [2.45, 2.75) is 46.0 Å². The van der Waals surface area contributed by atoms with E-state index in [2.05, 4.69) is 0 Å². The first-order chi connectivity index (χ1) is 20.4. The maximum absolute atomic E-state index is 13.0. The molecular formula is C31H47N3O8. The van der Waals surface area contributed by atoms with E-state index >= 15 is 0 Å². The quantitative estimate of drug-likeness (QED) is 0.106. The molecule has 1 heterocycles. The van der Waals surface area contributed by atoms with Gasteiger partial charge in [0.1, 0.15) is 11.2 Å². The van der Waals surface area contributed by atoms with Gasteiger partial charge < -0.3 is 44.3 Å². The molecule has 2 aliphatic rings. The van der Waals surface area contributed by atoms with Crippen molar-refractivity contribution < 1.29 is 32.8 Å². The van der Waals surface area contributed by atoms with E-state index in [1.807, 2.05) is 13.0 Å². The summed E-state index contributed by atoms with van der Waals surface area (Å²) in [5.74, 6) is 0.449. The number of aryl methyl sites for hydroxylation is 2. The molecule has 0 spiro atoms. The van der Waals surface area contributed by atoms with Crippen LogP contribution in [-0.2, 0) is 41.3 Å². The van der Waals surface area contributed by atoms with Gasteiger partial charge in [0.15, 0.2) is 11.3 Å².